The lowest BCUT2D eigenvalue weighted by atomic mass is 10.0. The zero-order valence-electron chi connectivity index (χ0n) is 20.1. The van der Waals surface area contributed by atoms with Crippen LogP contribution in [0.4, 0.5) is 0 Å². The molecule has 31 heavy (non-hydrogen) atoms. The van der Waals surface area contributed by atoms with Gasteiger partial charge in [-0.2, -0.15) is 5.26 Å². The predicted molar refractivity (Wildman–Crippen MR) is 139 cm³/mol. The molecule has 0 bridgehead atoms. The van der Waals surface area contributed by atoms with Gasteiger partial charge in [0, 0.05) is 0 Å². The molecular formula is C27H39NOSi2. The Morgan fingerprint density at radius 1 is 0.839 bits per heavy atom. The summed E-state index contributed by atoms with van der Waals surface area (Å²) in [4.78, 5) is 0. The van der Waals surface area contributed by atoms with Crippen LogP contribution >= 0.6 is 0 Å². The van der Waals surface area contributed by atoms with E-state index in [0.717, 1.165) is 12.0 Å². The summed E-state index contributed by atoms with van der Waals surface area (Å²) >= 11 is 0. The van der Waals surface area contributed by atoms with Gasteiger partial charge in [0.15, 0.2) is 8.32 Å². The number of rotatable bonds is 12. The van der Waals surface area contributed by atoms with Gasteiger partial charge in [0.1, 0.15) is 0 Å². The summed E-state index contributed by atoms with van der Waals surface area (Å²) in [5.74, 6) is 0. The van der Waals surface area contributed by atoms with Crippen LogP contribution in [0, 0.1) is 11.3 Å². The molecule has 0 unspecified atom stereocenters. The first-order valence-electron chi connectivity index (χ1n) is 11.9. The molecule has 0 saturated carbocycles. The molecule has 0 aromatic heterocycles. The number of hydrogen-bond acceptors (Lipinski definition) is 2. The predicted octanol–water partition coefficient (Wildman–Crippen LogP) is 8.26. The Balaban J connectivity index is 2.02. The van der Waals surface area contributed by atoms with Crippen LogP contribution in [0.2, 0.25) is 30.2 Å². The number of benzene rings is 2. The van der Waals surface area contributed by atoms with Crippen molar-refractivity contribution in [1.29, 1.82) is 5.26 Å². The van der Waals surface area contributed by atoms with Crippen LogP contribution in [0.1, 0.15) is 52.2 Å². The van der Waals surface area contributed by atoms with E-state index in [4.69, 9.17) is 9.38 Å². The smallest absolute Gasteiger partial charge is 0.204 e. The minimum absolute atomic E-state index is 0.703. The normalized spacial score (nSPS) is 12.3. The van der Waals surface area contributed by atoms with E-state index in [2.05, 4.69) is 76.7 Å². The molecule has 0 spiro atoms. The average Bonchev–Trinajstić information content (AvgIpc) is 2.83. The van der Waals surface area contributed by atoms with E-state index in [9.17, 15) is 0 Å². The zero-order valence-corrected chi connectivity index (χ0v) is 22.1. The summed E-state index contributed by atoms with van der Waals surface area (Å²) in [6.45, 7) is 11.5. The minimum atomic E-state index is -1.74. The van der Waals surface area contributed by atoms with E-state index >= 15 is 0 Å². The number of aryl methyl sites for hydroxylation is 1. The Morgan fingerprint density at radius 3 is 1.84 bits per heavy atom. The van der Waals surface area contributed by atoms with E-state index in [0.29, 0.717) is 5.56 Å². The van der Waals surface area contributed by atoms with E-state index in [-0.39, 0.29) is 0 Å². The van der Waals surface area contributed by atoms with Crippen LogP contribution in [-0.4, -0.2) is 16.6 Å². The Bertz CT molecular complexity index is 858. The van der Waals surface area contributed by atoms with Crippen molar-refractivity contribution in [3.05, 3.63) is 71.4 Å². The lowest BCUT2D eigenvalue weighted by molar-refractivity contribution is 0.516. The van der Waals surface area contributed by atoms with Gasteiger partial charge in [-0.05, 0) is 78.8 Å². The molecule has 0 radical (unpaired) electrons. The Kier molecular flexibility index (Phi) is 9.96. The fraction of sp³-hybridized carbons (Fsp3) is 0.444. The van der Waals surface area contributed by atoms with Crippen molar-refractivity contribution in [3.8, 4) is 17.2 Å². The van der Waals surface area contributed by atoms with Crippen LogP contribution in [0.5, 0.6) is 0 Å². The van der Waals surface area contributed by atoms with Gasteiger partial charge in [0.2, 0.25) is 8.32 Å². The maximum absolute atomic E-state index is 8.97. The molecule has 166 valence electrons. The van der Waals surface area contributed by atoms with Gasteiger partial charge >= 0.3 is 0 Å². The van der Waals surface area contributed by atoms with Crippen molar-refractivity contribution < 1.29 is 4.12 Å². The van der Waals surface area contributed by atoms with Crippen molar-refractivity contribution in [1.82, 2.24) is 0 Å². The van der Waals surface area contributed by atoms with Gasteiger partial charge in [0.05, 0.1) is 11.6 Å². The zero-order chi connectivity index (χ0) is 22.7. The fourth-order valence-electron chi connectivity index (χ4n) is 4.41. The second-order valence-corrected chi connectivity index (χ2v) is 17.5. The monoisotopic (exact) mass is 449 g/mol. The van der Waals surface area contributed by atoms with Crippen LogP contribution in [0.3, 0.4) is 0 Å². The SMILES string of the molecule is CC=C[Si](CC)(CC)O[Si](CC)(CC)CCCc1ccc(-c2ccc(C#N)cc2)cc1. The molecule has 2 rings (SSSR count). The van der Waals surface area contributed by atoms with Crippen LogP contribution in [-0.2, 0) is 10.5 Å². The van der Waals surface area contributed by atoms with Crippen molar-refractivity contribution in [2.75, 3.05) is 0 Å². The number of nitrogens with zero attached hydrogens (tertiary/aromatic N) is 1. The molecule has 0 N–H and O–H groups in total. The lowest BCUT2D eigenvalue weighted by Gasteiger charge is -2.39. The Labute approximate surface area is 192 Å². The first-order chi connectivity index (χ1) is 15.0. The second kappa shape index (κ2) is 12.2. The molecule has 4 heteroatoms. The summed E-state index contributed by atoms with van der Waals surface area (Å²) in [6.07, 6.45) is 4.54. The summed E-state index contributed by atoms with van der Waals surface area (Å²) in [7, 11) is -3.44. The third-order valence-electron chi connectivity index (χ3n) is 6.77. The summed E-state index contributed by atoms with van der Waals surface area (Å²) < 4.78 is 7.16. The topological polar surface area (TPSA) is 33.0 Å². The molecule has 2 aromatic carbocycles. The van der Waals surface area contributed by atoms with Crippen molar-refractivity contribution in [2.45, 2.75) is 77.7 Å². The van der Waals surface area contributed by atoms with E-state index in [1.807, 2.05) is 24.3 Å². The van der Waals surface area contributed by atoms with Gasteiger partial charge in [-0.3, -0.25) is 0 Å². The quantitative estimate of drug-likeness (QED) is 0.305. The van der Waals surface area contributed by atoms with Gasteiger partial charge in [0.25, 0.3) is 0 Å². The molecule has 0 atom stereocenters. The first-order valence-corrected chi connectivity index (χ1v) is 16.9. The van der Waals surface area contributed by atoms with Gasteiger partial charge in [-0.1, -0.05) is 75.9 Å². The minimum Gasteiger partial charge on any atom is -0.452 e. The second-order valence-electron chi connectivity index (χ2n) is 8.50. The Morgan fingerprint density at radius 2 is 1.39 bits per heavy atom. The van der Waals surface area contributed by atoms with E-state index in [1.165, 1.54) is 47.8 Å². The molecule has 0 heterocycles. The highest BCUT2D eigenvalue weighted by Crippen LogP contribution is 2.32. The lowest BCUT2D eigenvalue weighted by Crippen LogP contribution is -2.49. The number of allylic oxidation sites excluding steroid dienone is 1. The third-order valence-corrected chi connectivity index (χ3v) is 17.3. The van der Waals surface area contributed by atoms with E-state index in [1.54, 1.807) is 0 Å². The summed E-state index contributed by atoms with van der Waals surface area (Å²) in [6, 6.07) is 25.0. The molecule has 0 aliphatic carbocycles. The molecule has 2 aromatic rings. The standard InChI is InChI=1S/C27H39NOSi2/c1-6-21-30(7-2,8-3)29-31(9-4,10-5)22-11-12-24-13-17-26(18-14-24)27-19-15-25(23-28)16-20-27/h6,13-21H,7-12,22H2,1-5H3. The first kappa shape index (κ1) is 25.3. The van der Waals surface area contributed by atoms with Crippen molar-refractivity contribution in [2.24, 2.45) is 0 Å². The summed E-state index contributed by atoms with van der Waals surface area (Å²) in [5.41, 5.74) is 6.90. The Hall–Kier alpha value is -1.94. The van der Waals surface area contributed by atoms with Gasteiger partial charge < -0.3 is 4.12 Å². The maximum Gasteiger partial charge on any atom is 0.204 e. The molecule has 0 fully saturated rings. The molecule has 0 aliphatic rings. The number of hydrogen-bond donors (Lipinski definition) is 0. The molecule has 0 aliphatic heterocycles. The highest BCUT2D eigenvalue weighted by atomic mass is 28.4. The molecule has 2 nitrogen and oxygen atoms in total. The fourth-order valence-corrected chi connectivity index (χ4v) is 14.5. The number of nitriles is 1. The summed E-state index contributed by atoms with van der Waals surface area (Å²) in [5, 5.41) is 8.97. The van der Waals surface area contributed by atoms with Crippen LogP contribution < -0.4 is 0 Å². The van der Waals surface area contributed by atoms with Gasteiger partial charge in [-0.15, -0.1) is 0 Å². The van der Waals surface area contributed by atoms with Crippen molar-refractivity contribution >= 4 is 16.6 Å². The maximum atomic E-state index is 8.97. The van der Waals surface area contributed by atoms with Crippen LogP contribution in [0.25, 0.3) is 11.1 Å². The average molecular weight is 450 g/mol. The molecule has 0 saturated heterocycles. The van der Waals surface area contributed by atoms with Crippen molar-refractivity contribution in [3.63, 3.8) is 0 Å². The molecular weight excluding hydrogens is 410 g/mol. The highest BCUT2D eigenvalue weighted by Gasteiger charge is 2.39. The largest absolute Gasteiger partial charge is 0.452 e. The third kappa shape index (κ3) is 6.77. The van der Waals surface area contributed by atoms with Crippen LogP contribution in [0.15, 0.2) is 60.3 Å². The highest BCUT2D eigenvalue weighted by molar-refractivity contribution is 6.89. The molecule has 0 amide bonds. The van der Waals surface area contributed by atoms with Gasteiger partial charge in [-0.25, -0.2) is 0 Å². The van der Waals surface area contributed by atoms with E-state index < -0.39 is 16.6 Å².